The average molecular weight is 553 g/mol. The van der Waals surface area contributed by atoms with Crippen LogP contribution < -0.4 is 0 Å². The van der Waals surface area contributed by atoms with Gasteiger partial charge in [-0.25, -0.2) is 4.79 Å². The van der Waals surface area contributed by atoms with Crippen LogP contribution in [0.1, 0.15) is 71.8 Å². The summed E-state index contributed by atoms with van der Waals surface area (Å²) in [5.41, 5.74) is -4.04. The molecular formula is C32H40O8. The van der Waals surface area contributed by atoms with Gasteiger partial charge in [0.1, 0.15) is 29.2 Å². The van der Waals surface area contributed by atoms with Gasteiger partial charge in [0.15, 0.2) is 0 Å². The van der Waals surface area contributed by atoms with E-state index in [1.807, 2.05) is 43.3 Å². The van der Waals surface area contributed by atoms with Crippen molar-refractivity contribution >= 4 is 23.8 Å². The minimum Gasteiger partial charge on any atom is -0.458 e. The Morgan fingerprint density at radius 2 is 1.70 bits per heavy atom. The van der Waals surface area contributed by atoms with Crippen LogP contribution in [0.5, 0.6) is 0 Å². The molecular weight excluding hydrogens is 512 g/mol. The number of fused-ring (bicyclic) bond motifs is 5. The molecule has 3 N–H and O–H groups in total. The first kappa shape index (κ1) is 28.7. The molecule has 40 heavy (non-hydrogen) atoms. The number of aliphatic hydroxyl groups is 3. The number of hydrogen-bond donors (Lipinski definition) is 3. The maximum absolute atomic E-state index is 13.4. The molecule has 4 aliphatic carbocycles. The van der Waals surface area contributed by atoms with Crippen molar-refractivity contribution < 1.29 is 39.2 Å². The lowest BCUT2D eigenvalue weighted by Gasteiger charge is -2.68. The maximum atomic E-state index is 13.4. The van der Waals surface area contributed by atoms with Crippen LogP contribution in [0.15, 0.2) is 48.1 Å². The van der Waals surface area contributed by atoms with E-state index in [1.54, 1.807) is 13.0 Å². The minimum atomic E-state index is -1.80. The summed E-state index contributed by atoms with van der Waals surface area (Å²) in [4.78, 5) is 38.9. The summed E-state index contributed by atoms with van der Waals surface area (Å²) in [5, 5.41) is 35.7. The van der Waals surface area contributed by atoms with Gasteiger partial charge >= 0.3 is 11.9 Å². The summed E-state index contributed by atoms with van der Waals surface area (Å²) >= 11 is 0. The molecule has 0 saturated heterocycles. The molecule has 8 heteroatoms. The van der Waals surface area contributed by atoms with Crippen LogP contribution in [0.3, 0.4) is 0 Å². The largest absolute Gasteiger partial charge is 0.458 e. The SMILES string of the molecule is CC(=O)O[C@@H]1[C@@H](OC(=O)C=Cc2ccccc2)[C@@H]2[C@@]3(C)CC[C@H](O)CC3=CC[C@@]2(O)[C@@]2(O)CC[C@H](C(C)=O)[C@@]12C. The van der Waals surface area contributed by atoms with Gasteiger partial charge in [-0.2, -0.15) is 0 Å². The zero-order valence-electron chi connectivity index (χ0n) is 23.6. The van der Waals surface area contributed by atoms with Gasteiger partial charge in [-0.05, 0) is 62.5 Å². The summed E-state index contributed by atoms with van der Waals surface area (Å²) in [6.45, 7) is 6.34. The van der Waals surface area contributed by atoms with E-state index in [0.717, 1.165) is 11.1 Å². The molecule has 0 bridgehead atoms. The smallest absolute Gasteiger partial charge is 0.331 e. The predicted molar refractivity (Wildman–Crippen MR) is 146 cm³/mol. The van der Waals surface area contributed by atoms with Gasteiger partial charge in [-0.3, -0.25) is 9.59 Å². The molecule has 216 valence electrons. The van der Waals surface area contributed by atoms with Crippen LogP contribution in [0.25, 0.3) is 6.08 Å². The van der Waals surface area contributed by atoms with Crippen LogP contribution in [-0.2, 0) is 23.9 Å². The highest BCUT2D eigenvalue weighted by Gasteiger charge is 2.80. The van der Waals surface area contributed by atoms with E-state index in [9.17, 15) is 29.7 Å². The first-order valence-corrected chi connectivity index (χ1v) is 14.2. The van der Waals surface area contributed by atoms with E-state index in [0.29, 0.717) is 25.7 Å². The number of rotatable bonds is 5. The first-order chi connectivity index (χ1) is 18.8. The molecule has 1 aromatic carbocycles. The fraction of sp³-hybridized carbons (Fsp3) is 0.594. The van der Waals surface area contributed by atoms with Crippen LogP contribution in [0.4, 0.5) is 0 Å². The molecule has 5 rings (SSSR count). The van der Waals surface area contributed by atoms with Crippen molar-refractivity contribution in [2.45, 2.75) is 95.7 Å². The fourth-order valence-corrected chi connectivity index (χ4v) is 8.75. The van der Waals surface area contributed by atoms with Crippen molar-refractivity contribution in [3.63, 3.8) is 0 Å². The Morgan fingerprint density at radius 3 is 2.35 bits per heavy atom. The number of benzene rings is 1. The molecule has 9 atom stereocenters. The number of esters is 2. The van der Waals surface area contributed by atoms with Crippen LogP contribution in [0, 0.1) is 22.7 Å². The standard InChI is InChI=1S/C32H40O8/c1-19(33)24-14-17-32(38)30(24,4)28(39-20(2)34)26(40-25(36)11-10-21-8-6-5-7-9-21)27-29(3)15-13-23(35)18-22(29)12-16-31(27,32)37/h5-12,23-24,26-28,35,37-38H,13-18H2,1-4H3/t23-,24+,26-,27+,28+,29-,30-,31-,32+/m0/s1. The van der Waals surface area contributed by atoms with Crippen molar-refractivity contribution in [2.24, 2.45) is 22.7 Å². The summed E-state index contributed by atoms with van der Waals surface area (Å²) in [6, 6.07) is 9.25. The zero-order chi connectivity index (χ0) is 29.1. The lowest BCUT2D eigenvalue weighted by molar-refractivity contribution is -0.329. The van der Waals surface area contributed by atoms with E-state index < -0.39 is 64.1 Å². The van der Waals surface area contributed by atoms with Crippen LogP contribution in [0.2, 0.25) is 0 Å². The number of ether oxygens (including phenoxy) is 2. The van der Waals surface area contributed by atoms with Crippen LogP contribution >= 0.6 is 0 Å². The second-order valence-corrected chi connectivity index (χ2v) is 12.7. The lowest BCUT2D eigenvalue weighted by atomic mass is 9.42. The molecule has 0 unspecified atom stereocenters. The molecule has 0 spiro atoms. The molecule has 0 amide bonds. The van der Waals surface area contributed by atoms with E-state index in [1.165, 1.54) is 19.9 Å². The normalized spacial score (nSPS) is 42.3. The third-order valence-corrected chi connectivity index (χ3v) is 10.6. The lowest BCUT2D eigenvalue weighted by Crippen LogP contribution is -2.80. The molecule has 3 fully saturated rings. The van der Waals surface area contributed by atoms with Gasteiger partial charge in [-0.1, -0.05) is 55.8 Å². The Hall–Kier alpha value is -2.81. The maximum Gasteiger partial charge on any atom is 0.331 e. The number of carbonyl (C=O) groups excluding carboxylic acids is 3. The highest BCUT2D eigenvalue weighted by atomic mass is 16.6. The van der Waals surface area contributed by atoms with Crippen LogP contribution in [-0.4, -0.2) is 62.6 Å². The summed E-state index contributed by atoms with van der Waals surface area (Å²) < 4.78 is 12.1. The van der Waals surface area contributed by atoms with E-state index >= 15 is 0 Å². The summed E-state index contributed by atoms with van der Waals surface area (Å²) in [7, 11) is 0. The Balaban J connectivity index is 1.67. The number of ketones is 1. The van der Waals surface area contributed by atoms with E-state index in [4.69, 9.17) is 9.47 Å². The third-order valence-electron chi connectivity index (χ3n) is 10.6. The van der Waals surface area contributed by atoms with Gasteiger partial charge in [0, 0.05) is 30.3 Å². The van der Waals surface area contributed by atoms with Gasteiger partial charge < -0.3 is 24.8 Å². The van der Waals surface area contributed by atoms with Gasteiger partial charge in [0.2, 0.25) is 0 Å². The van der Waals surface area contributed by atoms with E-state index in [2.05, 4.69) is 0 Å². The minimum absolute atomic E-state index is 0.0622. The molecule has 0 aromatic heterocycles. The number of Topliss-reactive ketones (excluding diaryl/α,β-unsaturated/α-hetero) is 1. The monoisotopic (exact) mass is 552 g/mol. The number of hydrogen-bond acceptors (Lipinski definition) is 8. The van der Waals surface area contributed by atoms with Crippen molar-refractivity contribution in [1.29, 1.82) is 0 Å². The van der Waals surface area contributed by atoms with Gasteiger partial charge in [0.25, 0.3) is 0 Å². The predicted octanol–water partition coefficient (Wildman–Crippen LogP) is 3.52. The number of carbonyl (C=O) groups is 3. The topological polar surface area (TPSA) is 130 Å². The van der Waals surface area contributed by atoms with Crippen molar-refractivity contribution in [1.82, 2.24) is 0 Å². The molecule has 0 radical (unpaired) electrons. The van der Waals surface area contributed by atoms with Gasteiger partial charge in [0.05, 0.1) is 6.10 Å². The summed E-state index contributed by atoms with van der Waals surface area (Å²) in [6.07, 6.45) is 3.80. The molecule has 1 aromatic rings. The Kier molecular flexibility index (Phi) is 7.12. The zero-order valence-corrected chi connectivity index (χ0v) is 23.6. The molecule has 8 nitrogen and oxygen atoms in total. The van der Waals surface area contributed by atoms with Crippen molar-refractivity contribution in [2.75, 3.05) is 0 Å². The van der Waals surface area contributed by atoms with E-state index in [-0.39, 0.29) is 18.6 Å². The summed E-state index contributed by atoms with van der Waals surface area (Å²) in [5.74, 6) is -3.08. The van der Waals surface area contributed by atoms with Crippen molar-refractivity contribution in [3.8, 4) is 0 Å². The highest BCUT2D eigenvalue weighted by Crippen LogP contribution is 2.70. The second kappa shape index (κ2) is 9.93. The molecule has 4 aliphatic rings. The average Bonchev–Trinajstić information content (AvgIpc) is 3.19. The third kappa shape index (κ3) is 4.10. The van der Waals surface area contributed by atoms with Gasteiger partial charge in [-0.15, -0.1) is 0 Å². The first-order valence-electron chi connectivity index (χ1n) is 14.2. The highest BCUT2D eigenvalue weighted by molar-refractivity contribution is 5.87. The Bertz CT molecular complexity index is 1250. The van der Waals surface area contributed by atoms with Crippen molar-refractivity contribution in [3.05, 3.63) is 53.6 Å². The quantitative estimate of drug-likeness (QED) is 0.287. The number of aliphatic hydroxyl groups excluding tert-OH is 1. The Labute approximate surface area is 235 Å². The fourth-order valence-electron chi connectivity index (χ4n) is 8.75. The molecule has 0 heterocycles. The molecule has 3 saturated carbocycles. The molecule has 0 aliphatic heterocycles. The Morgan fingerprint density at radius 1 is 1.00 bits per heavy atom. The second-order valence-electron chi connectivity index (χ2n) is 12.7.